The molecule has 2 N–H and O–H groups in total. The van der Waals surface area contributed by atoms with Gasteiger partial charge in [0.2, 0.25) is 0 Å². The van der Waals surface area contributed by atoms with Crippen molar-refractivity contribution in [1.82, 2.24) is 15.6 Å². The van der Waals surface area contributed by atoms with Crippen LogP contribution in [0, 0.1) is 0 Å². The standard InChI is InChI=1S/C20H27F3N4OS.HI/c1-3-11-28-13-16-8-6-5-7-15(16)12-26-19(24-4-2)25-10-9-18-27-17(14-29-18)20(21,22)23;/h5-8,14H,3-4,9-13H2,1-2H3,(H2,24,25,26);1H. The van der Waals surface area contributed by atoms with E-state index in [0.29, 0.717) is 50.2 Å². The highest BCUT2D eigenvalue weighted by molar-refractivity contribution is 14.0. The van der Waals surface area contributed by atoms with E-state index < -0.39 is 11.9 Å². The zero-order valence-corrected chi connectivity index (χ0v) is 20.2. The van der Waals surface area contributed by atoms with Gasteiger partial charge in [-0.05, 0) is 24.5 Å². The molecule has 0 unspecified atom stereocenters. The van der Waals surface area contributed by atoms with Gasteiger partial charge in [-0.3, -0.25) is 0 Å². The molecule has 0 spiro atoms. The van der Waals surface area contributed by atoms with Crippen LogP contribution in [0.15, 0.2) is 34.6 Å². The van der Waals surface area contributed by atoms with Crippen LogP contribution < -0.4 is 10.6 Å². The van der Waals surface area contributed by atoms with Gasteiger partial charge in [0, 0.05) is 31.5 Å². The molecule has 30 heavy (non-hydrogen) atoms. The van der Waals surface area contributed by atoms with Gasteiger partial charge >= 0.3 is 6.18 Å². The number of hydrogen-bond acceptors (Lipinski definition) is 4. The van der Waals surface area contributed by atoms with Crippen LogP contribution in [0.2, 0.25) is 0 Å². The van der Waals surface area contributed by atoms with Crippen LogP contribution in [0.1, 0.15) is 42.1 Å². The lowest BCUT2D eigenvalue weighted by atomic mass is 10.1. The molecular formula is C20H28F3IN4OS. The van der Waals surface area contributed by atoms with E-state index in [2.05, 4.69) is 27.5 Å². The molecule has 0 amide bonds. The largest absolute Gasteiger partial charge is 0.434 e. The minimum Gasteiger partial charge on any atom is -0.377 e. The molecule has 0 fully saturated rings. The van der Waals surface area contributed by atoms with Crippen molar-refractivity contribution in [2.24, 2.45) is 4.99 Å². The van der Waals surface area contributed by atoms with E-state index in [4.69, 9.17) is 4.74 Å². The molecule has 0 atom stereocenters. The van der Waals surface area contributed by atoms with Crippen molar-refractivity contribution in [3.05, 3.63) is 51.5 Å². The van der Waals surface area contributed by atoms with Crippen molar-refractivity contribution in [3.8, 4) is 0 Å². The molecular weight excluding hydrogens is 528 g/mol. The third kappa shape index (κ3) is 9.17. The summed E-state index contributed by atoms with van der Waals surface area (Å²) in [6.07, 6.45) is -3.03. The van der Waals surface area contributed by atoms with Gasteiger partial charge in [0.15, 0.2) is 11.7 Å². The van der Waals surface area contributed by atoms with Gasteiger partial charge in [-0.15, -0.1) is 35.3 Å². The average molecular weight is 556 g/mol. The normalized spacial score (nSPS) is 11.8. The summed E-state index contributed by atoms with van der Waals surface area (Å²) >= 11 is 1.02. The molecule has 5 nitrogen and oxygen atoms in total. The predicted molar refractivity (Wildman–Crippen MR) is 125 cm³/mol. The zero-order valence-electron chi connectivity index (χ0n) is 17.1. The Hall–Kier alpha value is -1.40. The molecule has 10 heteroatoms. The molecule has 0 bridgehead atoms. The molecule has 1 heterocycles. The first-order valence-corrected chi connectivity index (χ1v) is 10.5. The summed E-state index contributed by atoms with van der Waals surface area (Å²) in [7, 11) is 0. The van der Waals surface area contributed by atoms with Gasteiger partial charge in [-0.1, -0.05) is 31.2 Å². The molecule has 0 aliphatic carbocycles. The number of hydrogen-bond donors (Lipinski definition) is 2. The number of aromatic nitrogens is 1. The number of rotatable bonds is 10. The summed E-state index contributed by atoms with van der Waals surface area (Å²) in [6.45, 7) is 6.90. The molecule has 168 valence electrons. The Labute approximate surface area is 196 Å². The highest BCUT2D eigenvalue weighted by atomic mass is 127. The van der Waals surface area contributed by atoms with E-state index in [1.54, 1.807) is 0 Å². The molecule has 1 aromatic heterocycles. The van der Waals surface area contributed by atoms with E-state index in [1.807, 2.05) is 31.2 Å². The SMILES string of the molecule is CCCOCc1ccccc1CN=C(NCC)NCCc1nc(C(F)(F)F)cs1.I. The maximum Gasteiger partial charge on any atom is 0.434 e. The van der Waals surface area contributed by atoms with Crippen LogP contribution in [0.4, 0.5) is 13.2 Å². The topological polar surface area (TPSA) is 58.5 Å². The summed E-state index contributed by atoms with van der Waals surface area (Å²) < 4.78 is 43.5. The average Bonchev–Trinajstić information content (AvgIpc) is 3.17. The maximum atomic E-state index is 12.6. The molecule has 0 aliphatic rings. The number of aliphatic imine (C=N–C) groups is 1. The van der Waals surface area contributed by atoms with Crippen molar-refractivity contribution in [2.75, 3.05) is 19.7 Å². The lowest BCUT2D eigenvalue weighted by Crippen LogP contribution is -2.38. The molecule has 0 aliphatic heterocycles. The Kier molecular flexibility index (Phi) is 12.3. The van der Waals surface area contributed by atoms with Gasteiger partial charge in [-0.25, -0.2) is 9.98 Å². The van der Waals surface area contributed by atoms with Crippen LogP contribution in [-0.2, 0) is 30.5 Å². The number of thiazole rings is 1. The summed E-state index contributed by atoms with van der Waals surface area (Å²) in [6, 6.07) is 7.99. The maximum absolute atomic E-state index is 12.6. The summed E-state index contributed by atoms with van der Waals surface area (Å²) in [5.74, 6) is 0.615. The van der Waals surface area contributed by atoms with Gasteiger partial charge in [0.05, 0.1) is 18.2 Å². The number of guanidine groups is 1. The molecule has 0 radical (unpaired) electrons. The van der Waals surface area contributed by atoms with E-state index in [0.717, 1.165) is 34.3 Å². The minimum absolute atomic E-state index is 0. The fourth-order valence-electron chi connectivity index (χ4n) is 2.53. The van der Waals surface area contributed by atoms with Gasteiger partial charge in [0.25, 0.3) is 0 Å². The molecule has 1 aromatic carbocycles. The van der Waals surface area contributed by atoms with E-state index >= 15 is 0 Å². The molecule has 0 saturated heterocycles. The Bertz CT molecular complexity index is 783. The highest BCUT2D eigenvalue weighted by Crippen LogP contribution is 2.30. The Balaban J connectivity index is 0.00000450. The number of nitrogens with zero attached hydrogens (tertiary/aromatic N) is 2. The number of benzene rings is 1. The Morgan fingerprint density at radius 3 is 2.53 bits per heavy atom. The Morgan fingerprint density at radius 1 is 1.17 bits per heavy atom. The van der Waals surface area contributed by atoms with Crippen molar-refractivity contribution in [1.29, 1.82) is 0 Å². The molecule has 2 aromatic rings. The summed E-state index contributed by atoms with van der Waals surface area (Å²) in [5, 5.41) is 7.79. The van der Waals surface area contributed by atoms with Crippen LogP contribution >= 0.6 is 35.3 Å². The van der Waals surface area contributed by atoms with Crippen molar-refractivity contribution < 1.29 is 17.9 Å². The second-order valence-electron chi connectivity index (χ2n) is 6.32. The van der Waals surface area contributed by atoms with Crippen molar-refractivity contribution >= 4 is 41.3 Å². The zero-order chi connectivity index (χ0) is 21.1. The quantitative estimate of drug-likeness (QED) is 0.187. The summed E-state index contributed by atoms with van der Waals surface area (Å²) in [5.41, 5.74) is 1.35. The predicted octanol–water partition coefficient (Wildman–Crippen LogP) is 5.00. The number of halogens is 4. The van der Waals surface area contributed by atoms with Gasteiger partial charge in [0.1, 0.15) is 0 Å². The third-order valence-corrected chi connectivity index (χ3v) is 4.86. The lowest BCUT2D eigenvalue weighted by molar-refractivity contribution is -0.140. The van der Waals surface area contributed by atoms with E-state index in [-0.39, 0.29) is 24.0 Å². The molecule has 0 saturated carbocycles. The first-order valence-electron chi connectivity index (χ1n) is 9.62. The fraction of sp³-hybridized carbons (Fsp3) is 0.500. The van der Waals surface area contributed by atoms with E-state index in [1.165, 1.54) is 0 Å². The van der Waals surface area contributed by atoms with Gasteiger partial charge < -0.3 is 15.4 Å². The van der Waals surface area contributed by atoms with Crippen LogP contribution in [0.3, 0.4) is 0 Å². The summed E-state index contributed by atoms with van der Waals surface area (Å²) in [4.78, 5) is 8.23. The third-order valence-electron chi connectivity index (χ3n) is 3.95. The number of alkyl halides is 3. The second kappa shape index (κ2) is 13.8. The first kappa shape index (κ1) is 26.6. The van der Waals surface area contributed by atoms with Crippen molar-refractivity contribution in [3.63, 3.8) is 0 Å². The first-order chi connectivity index (χ1) is 13.9. The Morgan fingerprint density at radius 2 is 1.90 bits per heavy atom. The lowest BCUT2D eigenvalue weighted by Gasteiger charge is -2.12. The highest BCUT2D eigenvalue weighted by Gasteiger charge is 2.33. The number of nitrogens with one attached hydrogen (secondary N) is 2. The number of ether oxygens (including phenoxy) is 1. The monoisotopic (exact) mass is 556 g/mol. The molecule has 2 rings (SSSR count). The van der Waals surface area contributed by atoms with Crippen LogP contribution in [0.25, 0.3) is 0 Å². The van der Waals surface area contributed by atoms with Crippen LogP contribution in [-0.4, -0.2) is 30.6 Å². The smallest absolute Gasteiger partial charge is 0.377 e. The van der Waals surface area contributed by atoms with Gasteiger partial charge in [-0.2, -0.15) is 13.2 Å². The van der Waals surface area contributed by atoms with Crippen molar-refractivity contribution in [2.45, 2.75) is 46.0 Å². The van der Waals surface area contributed by atoms with E-state index in [9.17, 15) is 13.2 Å². The minimum atomic E-state index is -4.40. The van der Waals surface area contributed by atoms with Crippen LogP contribution in [0.5, 0.6) is 0 Å². The fourth-order valence-corrected chi connectivity index (χ4v) is 3.33. The second-order valence-corrected chi connectivity index (χ2v) is 7.26.